The van der Waals surface area contributed by atoms with Crippen molar-refractivity contribution in [2.45, 2.75) is 46.0 Å². The molecule has 0 radical (unpaired) electrons. The van der Waals surface area contributed by atoms with E-state index in [2.05, 4.69) is 55.3 Å². The first-order chi connectivity index (χ1) is 11.7. The zero-order valence-electron chi connectivity index (χ0n) is 15.3. The molecule has 1 aromatic carbocycles. The fourth-order valence-corrected chi connectivity index (χ4v) is 3.21. The maximum Gasteiger partial charge on any atom is 0.0277 e. The first-order valence-corrected chi connectivity index (χ1v) is 8.95. The van der Waals surface area contributed by atoms with E-state index >= 15 is 0 Å². The number of hydrogen-bond donors (Lipinski definition) is 1. The minimum absolute atomic E-state index is 0.796. The molecule has 0 atom stereocenters. The molecule has 0 unspecified atom stereocenters. The summed E-state index contributed by atoms with van der Waals surface area (Å²) < 4.78 is 0. The van der Waals surface area contributed by atoms with Crippen LogP contribution in [-0.2, 0) is 0 Å². The summed E-state index contributed by atoms with van der Waals surface area (Å²) in [6.45, 7) is 5.14. The van der Waals surface area contributed by atoms with Gasteiger partial charge >= 0.3 is 0 Å². The number of nitrogens with zero attached hydrogens (tertiary/aromatic N) is 1. The van der Waals surface area contributed by atoms with Crippen LogP contribution < -0.4 is 5.73 Å². The van der Waals surface area contributed by atoms with Gasteiger partial charge in [-0.3, -0.25) is 4.99 Å². The van der Waals surface area contributed by atoms with Crippen molar-refractivity contribution in [1.82, 2.24) is 0 Å². The molecule has 1 aliphatic rings. The van der Waals surface area contributed by atoms with Crippen LogP contribution in [0.25, 0.3) is 5.57 Å². The van der Waals surface area contributed by atoms with Gasteiger partial charge in [0.2, 0.25) is 0 Å². The van der Waals surface area contributed by atoms with Gasteiger partial charge in [-0.25, -0.2) is 0 Å². The van der Waals surface area contributed by atoms with Gasteiger partial charge in [-0.15, -0.1) is 0 Å². The summed E-state index contributed by atoms with van der Waals surface area (Å²) in [5.41, 5.74) is 13.8. The Hall–Kier alpha value is -1.93. The van der Waals surface area contributed by atoms with Crippen LogP contribution in [0.1, 0.15) is 50.2 Å². The molecule has 0 aliphatic heterocycles. The van der Waals surface area contributed by atoms with Crippen molar-refractivity contribution in [2.75, 3.05) is 13.6 Å². The van der Waals surface area contributed by atoms with Gasteiger partial charge in [0.15, 0.2) is 0 Å². The summed E-state index contributed by atoms with van der Waals surface area (Å²) in [7, 11) is 1.84. The molecule has 2 nitrogen and oxygen atoms in total. The third-order valence-electron chi connectivity index (χ3n) is 4.59. The van der Waals surface area contributed by atoms with E-state index in [4.69, 9.17) is 5.73 Å². The maximum atomic E-state index is 5.61. The maximum absolute atomic E-state index is 5.61. The monoisotopic (exact) mass is 322 g/mol. The predicted octanol–water partition coefficient (Wildman–Crippen LogP) is 5.24. The van der Waals surface area contributed by atoms with Crippen LogP contribution in [0.4, 0.5) is 0 Å². The molecular formula is C22H30N2. The van der Waals surface area contributed by atoms with Crippen LogP contribution in [0.3, 0.4) is 0 Å². The van der Waals surface area contributed by atoms with Gasteiger partial charge < -0.3 is 5.73 Å². The number of aliphatic imine (C=N–C) groups is 1. The first kappa shape index (κ1) is 18.4. The molecule has 2 N–H and O–H groups in total. The lowest BCUT2D eigenvalue weighted by molar-refractivity contribution is 0.677. The third kappa shape index (κ3) is 5.04. The number of unbranched alkanes of at least 4 members (excludes halogenated alkanes) is 2. The Morgan fingerprint density at radius 2 is 1.96 bits per heavy atom. The van der Waals surface area contributed by atoms with Gasteiger partial charge in [0.05, 0.1) is 0 Å². The lowest BCUT2D eigenvalue weighted by Gasteiger charge is -2.19. The van der Waals surface area contributed by atoms with Gasteiger partial charge in [-0.1, -0.05) is 48.4 Å². The highest BCUT2D eigenvalue weighted by atomic mass is 14.6. The number of aryl methyl sites for hydroxylation is 1. The van der Waals surface area contributed by atoms with Crippen molar-refractivity contribution >= 4 is 11.8 Å². The summed E-state index contributed by atoms with van der Waals surface area (Å²) in [5.74, 6) is 0. The molecule has 128 valence electrons. The molecule has 0 aromatic heterocycles. The van der Waals surface area contributed by atoms with Crippen LogP contribution in [0.5, 0.6) is 0 Å². The SMILES string of the molecule is CN=C/C(C)=C1/C=C(c2ccccc2C)C=C(CCCCCN)C1. The van der Waals surface area contributed by atoms with E-state index in [-0.39, 0.29) is 0 Å². The molecule has 0 spiro atoms. The van der Waals surface area contributed by atoms with Crippen molar-refractivity contribution in [3.8, 4) is 0 Å². The zero-order chi connectivity index (χ0) is 17.4. The van der Waals surface area contributed by atoms with E-state index in [1.165, 1.54) is 46.3 Å². The smallest absolute Gasteiger partial charge is 0.0277 e. The van der Waals surface area contributed by atoms with Gasteiger partial charge in [-0.2, -0.15) is 0 Å². The molecular weight excluding hydrogens is 292 g/mol. The molecule has 0 fully saturated rings. The fourth-order valence-electron chi connectivity index (χ4n) is 3.21. The quantitative estimate of drug-likeness (QED) is 0.541. The summed E-state index contributed by atoms with van der Waals surface area (Å²) in [6, 6.07) is 8.63. The molecule has 1 aliphatic carbocycles. The highest BCUT2D eigenvalue weighted by molar-refractivity contribution is 5.85. The Kier molecular flexibility index (Phi) is 7.20. The van der Waals surface area contributed by atoms with E-state index in [1.807, 2.05) is 13.3 Å². The Morgan fingerprint density at radius 3 is 2.67 bits per heavy atom. The van der Waals surface area contributed by atoms with E-state index in [0.717, 1.165) is 25.8 Å². The number of nitrogens with two attached hydrogens (primary N) is 1. The molecule has 24 heavy (non-hydrogen) atoms. The normalized spacial score (nSPS) is 17.0. The Morgan fingerprint density at radius 1 is 1.17 bits per heavy atom. The lowest BCUT2D eigenvalue weighted by atomic mass is 9.86. The van der Waals surface area contributed by atoms with Crippen LogP contribution in [-0.4, -0.2) is 19.8 Å². The minimum atomic E-state index is 0.796. The van der Waals surface area contributed by atoms with Crippen molar-refractivity contribution in [3.05, 3.63) is 64.3 Å². The predicted molar refractivity (Wildman–Crippen MR) is 106 cm³/mol. The van der Waals surface area contributed by atoms with Gasteiger partial charge in [0.25, 0.3) is 0 Å². The van der Waals surface area contributed by atoms with Gasteiger partial charge in [-0.05, 0) is 73.9 Å². The molecule has 0 amide bonds. The molecule has 1 aromatic rings. The topological polar surface area (TPSA) is 38.4 Å². The van der Waals surface area contributed by atoms with E-state index < -0.39 is 0 Å². The van der Waals surface area contributed by atoms with E-state index in [9.17, 15) is 0 Å². The number of hydrogen-bond acceptors (Lipinski definition) is 2. The Bertz CT molecular complexity index is 675. The highest BCUT2D eigenvalue weighted by Gasteiger charge is 2.13. The molecule has 2 rings (SSSR count). The average molecular weight is 322 g/mol. The average Bonchev–Trinajstić information content (AvgIpc) is 2.59. The molecule has 0 heterocycles. The van der Waals surface area contributed by atoms with Crippen molar-refractivity contribution in [2.24, 2.45) is 10.7 Å². The molecule has 0 saturated heterocycles. The molecule has 0 bridgehead atoms. The highest BCUT2D eigenvalue weighted by Crippen LogP contribution is 2.33. The van der Waals surface area contributed by atoms with E-state index in [1.54, 1.807) is 0 Å². The second kappa shape index (κ2) is 9.39. The summed E-state index contributed by atoms with van der Waals surface area (Å²) >= 11 is 0. The van der Waals surface area contributed by atoms with Gasteiger partial charge in [0.1, 0.15) is 0 Å². The van der Waals surface area contributed by atoms with Crippen LogP contribution >= 0.6 is 0 Å². The van der Waals surface area contributed by atoms with E-state index in [0.29, 0.717) is 0 Å². The summed E-state index contributed by atoms with van der Waals surface area (Å²) in [5, 5.41) is 0. The summed E-state index contributed by atoms with van der Waals surface area (Å²) in [6.07, 6.45) is 12.5. The van der Waals surface area contributed by atoms with Crippen molar-refractivity contribution in [3.63, 3.8) is 0 Å². The zero-order valence-corrected chi connectivity index (χ0v) is 15.3. The number of rotatable bonds is 7. The lowest BCUT2D eigenvalue weighted by Crippen LogP contribution is -2.01. The van der Waals surface area contributed by atoms with Crippen LogP contribution in [0, 0.1) is 6.92 Å². The van der Waals surface area contributed by atoms with Crippen molar-refractivity contribution in [1.29, 1.82) is 0 Å². The minimum Gasteiger partial charge on any atom is -0.330 e. The fraction of sp³-hybridized carbons (Fsp3) is 0.409. The molecule has 2 heteroatoms. The van der Waals surface area contributed by atoms with Crippen LogP contribution in [0.15, 0.2) is 58.1 Å². The largest absolute Gasteiger partial charge is 0.330 e. The summed E-state index contributed by atoms with van der Waals surface area (Å²) in [4.78, 5) is 4.19. The van der Waals surface area contributed by atoms with Crippen molar-refractivity contribution < 1.29 is 0 Å². The third-order valence-corrected chi connectivity index (χ3v) is 4.59. The van der Waals surface area contributed by atoms with Gasteiger partial charge in [0, 0.05) is 13.3 Å². The standard InChI is InChI=1S/C22H30N2/c1-17-9-6-7-11-22(17)21-14-19(10-5-4-8-12-23)13-20(15-21)18(2)16-24-3/h6-7,9,11,14-16H,4-5,8,10,12-13,23H2,1-3H3/b20-18+,24-16?. The second-order valence-corrected chi connectivity index (χ2v) is 6.59. The number of allylic oxidation sites excluding steroid dienone is 6. The first-order valence-electron chi connectivity index (χ1n) is 8.95. The molecule has 0 saturated carbocycles. The van der Waals surface area contributed by atoms with Crippen LogP contribution in [0.2, 0.25) is 0 Å². The Balaban J connectivity index is 2.31. The second-order valence-electron chi connectivity index (χ2n) is 6.59. The number of benzene rings is 1. The Labute approximate surface area is 146 Å².